The van der Waals surface area contributed by atoms with Crippen LogP contribution in [0.4, 0.5) is 0 Å². The predicted molar refractivity (Wildman–Crippen MR) is 224 cm³/mol. The van der Waals surface area contributed by atoms with Crippen molar-refractivity contribution in [3.05, 3.63) is 178 Å². The molecule has 0 atom stereocenters. The van der Waals surface area contributed by atoms with E-state index in [1.807, 2.05) is 62.4 Å². The zero-order valence-corrected chi connectivity index (χ0v) is 33.2. The second kappa shape index (κ2) is 14.5. The number of esters is 2. The SMILES string of the molecule is CCOC(=O)c1ccccc1-c1ccc2c(c1)C(c1ccc(C(C)(C)C)cc1)(c1ccc(C(C)(C)C)cc1)c1cc(-c3ccccc3C(=O)OCC)ccc1-2. The lowest BCUT2D eigenvalue weighted by atomic mass is 9.66. The summed E-state index contributed by atoms with van der Waals surface area (Å²) in [5.74, 6) is -0.679. The van der Waals surface area contributed by atoms with Crippen LogP contribution in [0.15, 0.2) is 133 Å². The van der Waals surface area contributed by atoms with Gasteiger partial charge in [-0.15, -0.1) is 0 Å². The first-order chi connectivity index (χ1) is 26.3. The zero-order chi connectivity index (χ0) is 39.1. The normalized spacial score (nSPS) is 13.2. The molecule has 0 saturated carbocycles. The molecule has 0 N–H and O–H groups in total. The summed E-state index contributed by atoms with van der Waals surface area (Å²) in [6.45, 7) is 17.7. The molecule has 4 nitrogen and oxygen atoms in total. The molecular weight excluding hydrogens is 677 g/mol. The Morgan fingerprint density at radius 1 is 0.473 bits per heavy atom. The van der Waals surface area contributed by atoms with Crippen molar-refractivity contribution in [1.29, 1.82) is 0 Å². The third kappa shape index (κ3) is 6.69. The van der Waals surface area contributed by atoms with Crippen LogP contribution in [-0.4, -0.2) is 25.2 Å². The smallest absolute Gasteiger partial charge is 0.338 e. The summed E-state index contributed by atoms with van der Waals surface area (Å²) in [6.07, 6.45) is 0. The molecule has 0 aromatic heterocycles. The zero-order valence-electron chi connectivity index (χ0n) is 33.2. The number of ether oxygens (including phenoxy) is 2. The molecule has 1 aliphatic carbocycles. The van der Waals surface area contributed by atoms with Crippen molar-refractivity contribution in [2.45, 2.75) is 71.6 Å². The lowest BCUT2D eigenvalue weighted by Gasteiger charge is -2.35. The maximum atomic E-state index is 13.3. The number of hydrogen-bond acceptors (Lipinski definition) is 4. The van der Waals surface area contributed by atoms with Crippen LogP contribution in [0.2, 0.25) is 0 Å². The molecule has 6 aromatic carbocycles. The number of fused-ring (bicyclic) bond motifs is 3. The minimum atomic E-state index is -0.749. The van der Waals surface area contributed by atoms with E-state index in [0.29, 0.717) is 24.3 Å². The average Bonchev–Trinajstić information content (AvgIpc) is 3.47. The fraction of sp³-hybridized carbons (Fsp3) is 0.255. The highest BCUT2D eigenvalue weighted by Gasteiger charge is 2.47. The molecule has 0 spiro atoms. The van der Waals surface area contributed by atoms with Crippen molar-refractivity contribution in [2.75, 3.05) is 13.2 Å². The monoisotopic (exact) mass is 726 g/mol. The predicted octanol–water partition coefficient (Wildman–Crippen LogP) is 12.3. The van der Waals surface area contributed by atoms with Gasteiger partial charge in [-0.25, -0.2) is 9.59 Å². The first-order valence-electron chi connectivity index (χ1n) is 19.3. The van der Waals surface area contributed by atoms with Gasteiger partial charge in [-0.05, 0) is 116 Å². The molecule has 1 aliphatic rings. The van der Waals surface area contributed by atoms with E-state index in [0.717, 1.165) is 55.6 Å². The van der Waals surface area contributed by atoms with Crippen LogP contribution in [0.3, 0.4) is 0 Å². The molecule has 55 heavy (non-hydrogen) atoms. The van der Waals surface area contributed by atoms with E-state index < -0.39 is 5.41 Å². The molecule has 0 unspecified atom stereocenters. The average molecular weight is 727 g/mol. The van der Waals surface area contributed by atoms with Crippen LogP contribution in [0, 0.1) is 0 Å². The third-order valence-electron chi connectivity index (χ3n) is 11.0. The van der Waals surface area contributed by atoms with Gasteiger partial charge in [-0.1, -0.05) is 151 Å². The van der Waals surface area contributed by atoms with Crippen molar-refractivity contribution < 1.29 is 19.1 Å². The summed E-state index contributed by atoms with van der Waals surface area (Å²) in [5, 5.41) is 0. The Labute approximate surface area is 326 Å². The Hall–Kier alpha value is -5.74. The lowest BCUT2D eigenvalue weighted by Crippen LogP contribution is -2.29. The Morgan fingerprint density at radius 3 is 1.18 bits per heavy atom. The van der Waals surface area contributed by atoms with Crippen LogP contribution in [-0.2, 0) is 25.7 Å². The molecule has 278 valence electrons. The molecule has 0 saturated heterocycles. The number of hydrogen-bond donors (Lipinski definition) is 0. The van der Waals surface area contributed by atoms with Crippen LogP contribution in [0.1, 0.15) is 109 Å². The minimum absolute atomic E-state index is 0.0283. The molecule has 0 heterocycles. The molecule has 0 aliphatic heterocycles. The van der Waals surface area contributed by atoms with Gasteiger partial charge in [0.25, 0.3) is 0 Å². The molecule has 0 amide bonds. The van der Waals surface area contributed by atoms with Gasteiger partial charge in [0, 0.05) is 0 Å². The standard InChI is InChI=1S/C51H50O4/c1-9-54-47(52)43-17-13-11-15-39(43)33-19-29-41-42-30-20-34(40-16-12-14-18-44(40)48(53)55-10-2)32-46(42)51(45(41)31-33,37-25-21-35(22-26-37)49(3,4)5)38-27-23-36(24-28-38)50(6,7)8/h11-32H,9-10H2,1-8H3. The fourth-order valence-corrected chi connectivity index (χ4v) is 8.13. The van der Waals surface area contributed by atoms with E-state index in [2.05, 4.69) is 126 Å². The Kier molecular flexibility index (Phi) is 9.90. The molecule has 0 fully saturated rings. The molecule has 7 rings (SSSR count). The second-order valence-corrected chi connectivity index (χ2v) is 16.5. The van der Waals surface area contributed by atoms with Crippen molar-refractivity contribution in [2.24, 2.45) is 0 Å². The van der Waals surface area contributed by atoms with E-state index in [-0.39, 0.29) is 22.8 Å². The third-order valence-corrected chi connectivity index (χ3v) is 11.0. The summed E-state index contributed by atoms with van der Waals surface area (Å²) in [4.78, 5) is 26.6. The van der Waals surface area contributed by atoms with E-state index >= 15 is 0 Å². The van der Waals surface area contributed by atoms with E-state index in [1.165, 1.54) is 11.1 Å². The van der Waals surface area contributed by atoms with Crippen molar-refractivity contribution >= 4 is 11.9 Å². The van der Waals surface area contributed by atoms with Gasteiger partial charge in [0.15, 0.2) is 0 Å². The van der Waals surface area contributed by atoms with Gasteiger partial charge in [0.05, 0.1) is 29.8 Å². The Bertz CT molecular complexity index is 2210. The summed E-state index contributed by atoms with van der Waals surface area (Å²) in [5.41, 5.74) is 13.1. The Morgan fingerprint density at radius 2 is 0.836 bits per heavy atom. The minimum Gasteiger partial charge on any atom is -0.462 e. The maximum absolute atomic E-state index is 13.3. The van der Waals surface area contributed by atoms with Gasteiger partial charge in [0.2, 0.25) is 0 Å². The van der Waals surface area contributed by atoms with E-state index in [9.17, 15) is 9.59 Å². The summed E-state index contributed by atoms with van der Waals surface area (Å²) >= 11 is 0. The Balaban J connectivity index is 1.57. The van der Waals surface area contributed by atoms with Crippen LogP contribution in [0.5, 0.6) is 0 Å². The fourth-order valence-electron chi connectivity index (χ4n) is 8.13. The highest BCUT2D eigenvalue weighted by Crippen LogP contribution is 2.58. The van der Waals surface area contributed by atoms with Gasteiger partial charge >= 0.3 is 11.9 Å². The molecule has 0 radical (unpaired) electrons. The van der Waals surface area contributed by atoms with Crippen LogP contribution >= 0.6 is 0 Å². The largest absolute Gasteiger partial charge is 0.462 e. The molecule has 6 aromatic rings. The van der Waals surface area contributed by atoms with Gasteiger partial charge in [-0.3, -0.25) is 0 Å². The van der Waals surface area contributed by atoms with Crippen molar-refractivity contribution in [3.63, 3.8) is 0 Å². The van der Waals surface area contributed by atoms with Crippen molar-refractivity contribution in [3.8, 4) is 33.4 Å². The number of benzene rings is 6. The molecule has 0 bridgehead atoms. The van der Waals surface area contributed by atoms with Crippen LogP contribution in [0.25, 0.3) is 33.4 Å². The van der Waals surface area contributed by atoms with Crippen LogP contribution < -0.4 is 0 Å². The summed E-state index contributed by atoms with van der Waals surface area (Å²) in [6, 6.07) is 46.8. The quantitative estimate of drug-likeness (QED) is 0.146. The first kappa shape index (κ1) is 37.6. The summed E-state index contributed by atoms with van der Waals surface area (Å²) in [7, 11) is 0. The first-order valence-corrected chi connectivity index (χ1v) is 19.3. The van der Waals surface area contributed by atoms with Gasteiger partial charge in [0.1, 0.15) is 0 Å². The summed E-state index contributed by atoms with van der Waals surface area (Å²) < 4.78 is 11.0. The van der Waals surface area contributed by atoms with Gasteiger partial charge < -0.3 is 9.47 Å². The topological polar surface area (TPSA) is 52.6 Å². The highest BCUT2D eigenvalue weighted by molar-refractivity contribution is 6.00. The van der Waals surface area contributed by atoms with Crippen molar-refractivity contribution in [1.82, 2.24) is 0 Å². The molecule has 4 heteroatoms. The second-order valence-electron chi connectivity index (χ2n) is 16.5. The number of carbonyl (C=O) groups is 2. The van der Waals surface area contributed by atoms with E-state index in [1.54, 1.807) is 0 Å². The highest BCUT2D eigenvalue weighted by atomic mass is 16.5. The van der Waals surface area contributed by atoms with Gasteiger partial charge in [-0.2, -0.15) is 0 Å². The lowest BCUT2D eigenvalue weighted by molar-refractivity contribution is 0.0517. The number of rotatable bonds is 8. The number of carbonyl (C=O) groups excluding carboxylic acids is 2. The van der Waals surface area contributed by atoms with E-state index in [4.69, 9.17) is 9.47 Å². The maximum Gasteiger partial charge on any atom is 0.338 e. The molecular formula is C51H50O4.